The quantitative estimate of drug-likeness (QED) is 0.509. The van der Waals surface area contributed by atoms with Crippen molar-refractivity contribution in [3.8, 4) is 0 Å². The zero-order chi connectivity index (χ0) is 18.8. The van der Waals surface area contributed by atoms with Crippen molar-refractivity contribution in [1.29, 1.82) is 0 Å². The van der Waals surface area contributed by atoms with Crippen molar-refractivity contribution >= 4 is 11.9 Å². The molecule has 0 rings (SSSR count). The number of hydrogen-bond acceptors (Lipinski definition) is 4. The van der Waals surface area contributed by atoms with Gasteiger partial charge < -0.3 is 14.6 Å². The first-order chi connectivity index (χ1) is 10.6. The number of rotatable bonds is 8. The highest BCUT2D eigenvalue weighted by Gasteiger charge is 1.99. The van der Waals surface area contributed by atoms with Gasteiger partial charge in [0.25, 0.3) is 0 Å². The van der Waals surface area contributed by atoms with Crippen LogP contribution in [0.15, 0.2) is 0 Å². The predicted octanol–water partition coefficient (Wildman–Crippen LogP) is 4.82. The molecule has 0 saturated heterocycles. The molecule has 140 valence electrons. The van der Waals surface area contributed by atoms with Gasteiger partial charge in [0.05, 0.1) is 18.3 Å². The van der Waals surface area contributed by atoms with Crippen LogP contribution in [0.4, 0.5) is 0 Å². The zero-order valence-electron chi connectivity index (χ0n) is 16.3. The van der Waals surface area contributed by atoms with E-state index in [1.807, 2.05) is 41.5 Å². The third kappa shape index (κ3) is 38.6. The Kier molecular flexibility index (Phi) is 22.1. The molecule has 0 aliphatic rings. The van der Waals surface area contributed by atoms with Gasteiger partial charge in [-0.25, -0.2) is 0 Å². The molecule has 5 nitrogen and oxygen atoms in total. The number of unbranched alkanes of at least 4 members (excludes halogenated alkanes) is 2. The Morgan fingerprint density at radius 1 is 0.957 bits per heavy atom. The molecule has 5 heteroatoms. The molecular weight excluding hydrogens is 296 g/mol. The second-order valence-electron chi connectivity index (χ2n) is 5.91. The second kappa shape index (κ2) is 18.9. The van der Waals surface area contributed by atoms with E-state index in [-0.39, 0.29) is 12.1 Å². The molecule has 0 spiro atoms. The number of carboxylic acid groups (broad SMARTS) is 1. The number of carboxylic acids is 1. The summed E-state index contributed by atoms with van der Waals surface area (Å²) >= 11 is 0. The smallest absolute Gasteiger partial charge is 0.303 e. The van der Waals surface area contributed by atoms with E-state index >= 15 is 0 Å². The van der Waals surface area contributed by atoms with E-state index in [1.165, 1.54) is 6.92 Å². The summed E-state index contributed by atoms with van der Waals surface area (Å²) in [5.74, 6) is -0.877. The molecule has 0 saturated carbocycles. The Balaban J connectivity index is -0.000000262. The lowest BCUT2D eigenvalue weighted by Gasteiger charge is -2.09. The Hall–Kier alpha value is -1.10. The summed E-state index contributed by atoms with van der Waals surface area (Å²) in [6, 6.07) is 0. The molecule has 0 radical (unpaired) electrons. The normalized spacial score (nSPS) is 11.0. The van der Waals surface area contributed by atoms with Gasteiger partial charge in [-0.1, -0.05) is 26.7 Å². The van der Waals surface area contributed by atoms with Crippen molar-refractivity contribution in [2.24, 2.45) is 0 Å². The fraction of sp³-hybridized carbons (Fsp3) is 0.889. The molecule has 0 aromatic heterocycles. The van der Waals surface area contributed by atoms with Gasteiger partial charge in [-0.05, 0) is 47.5 Å². The number of hydrogen-bond donors (Lipinski definition) is 1. The van der Waals surface area contributed by atoms with Crippen molar-refractivity contribution in [1.82, 2.24) is 0 Å². The van der Waals surface area contributed by atoms with Crippen LogP contribution in [-0.4, -0.2) is 35.4 Å². The number of carbonyl (C=O) groups is 2. The second-order valence-corrected chi connectivity index (χ2v) is 5.91. The Morgan fingerprint density at radius 3 is 1.61 bits per heavy atom. The minimum Gasteiger partial charge on any atom is -0.481 e. The van der Waals surface area contributed by atoms with Crippen LogP contribution in [0.25, 0.3) is 0 Å². The molecule has 1 unspecified atom stereocenters. The van der Waals surface area contributed by atoms with Crippen molar-refractivity contribution in [3.63, 3.8) is 0 Å². The van der Waals surface area contributed by atoms with Crippen LogP contribution in [0.1, 0.15) is 87.5 Å². The summed E-state index contributed by atoms with van der Waals surface area (Å²) in [5.41, 5.74) is 0. The van der Waals surface area contributed by atoms with Gasteiger partial charge in [-0.3, -0.25) is 9.59 Å². The summed E-state index contributed by atoms with van der Waals surface area (Å²) in [6.45, 7) is 15.5. The van der Waals surface area contributed by atoms with Crippen LogP contribution in [0.3, 0.4) is 0 Å². The lowest BCUT2D eigenvalue weighted by atomic mass is 10.2. The van der Waals surface area contributed by atoms with Crippen LogP contribution >= 0.6 is 0 Å². The van der Waals surface area contributed by atoms with Gasteiger partial charge in [0.15, 0.2) is 0 Å². The average Bonchev–Trinajstić information content (AvgIpc) is 2.37. The lowest BCUT2D eigenvalue weighted by Crippen LogP contribution is -2.09. The molecular formula is C18H38O5. The van der Waals surface area contributed by atoms with Crippen molar-refractivity contribution in [3.05, 3.63) is 0 Å². The first-order valence-corrected chi connectivity index (χ1v) is 8.61. The molecule has 23 heavy (non-hydrogen) atoms. The standard InChI is InChI=1S/2C6H12O2.C6H14O/c1-4-5(2)8-6(3)7;1-2-3-4-5-6(7)8;1-5(2)7-6(3)4/h5H,4H2,1-3H3;2-5H2,1H3,(H,7,8);5-6H,1-4H3. The lowest BCUT2D eigenvalue weighted by molar-refractivity contribution is -0.145. The van der Waals surface area contributed by atoms with Crippen LogP contribution in [0, 0.1) is 0 Å². The van der Waals surface area contributed by atoms with Crippen LogP contribution in [0.5, 0.6) is 0 Å². The summed E-state index contributed by atoms with van der Waals surface area (Å²) in [5, 5.41) is 8.14. The van der Waals surface area contributed by atoms with E-state index in [0.29, 0.717) is 18.6 Å². The predicted molar refractivity (Wildman–Crippen MR) is 94.7 cm³/mol. The topological polar surface area (TPSA) is 72.8 Å². The molecule has 0 aromatic carbocycles. The summed E-state index contributed by atoms with van der Waals surface area (Å²) in [4.78, 5) is 20.1. The molecule has 0 amide bonds. The fourth-order valence-corrected chi connectivity index (χ4v) is 1.44. The SMILES string of the molecule is CC(C)OC(C)C.CCC(C)OC(C)=O.CCCCCC(=O)O. The molecule has 0 aliphatic heterocycles. The van der Waals surface area contributed by atoms with Crippen molar-refractivity contribution < 1.29 is 24.2 Å². The summed E-state index contributed by atoms with van der Waals surface area (Å²) in [7, 11) is 0. The average molecular weight is 334 g/mol. The molecule has 0 aliphatic carbocycles. The maximum Gasteiger partial charge on any atom is 0.303 e. The molecule has 0 heterocycles. The third-order valence-electron chi connectivity index (χ3n) is 2.48. The minimum atomic E-state index is -0.682. The monoisotopic (exact) mass is 334 g/mol. The highest BCUT2D eigenvalue weighted by Crippen LogP contribution is 1.97. The van der Waals surface area contributed by atoms with E-state index in [0.717, 1.165) is 25.7 Å². The number of carbonyl (C=O) groups excluding carboxylic acids is 1. The van der Waals surface area contributed by atoms with Crippen LogP contribution in [0.2, 0.25) is 0 Å². The molecule has 1 N–H and O–H groups in total. The van der Waals surface area contributed by atoms with Crippen LogP contribution in [-0.2, 0) is 19.1 Å². The van der Waals surface area contributed by atoms with Crippen LogP contribution < -0.4 is 0 Å². The first-order valence-electron chi connectivity index (χ1n) is 8.61. The minimum absolute atomic E-state index is 0.0764. The molecule has 0 bridgehead atoms. The van der Waals surface area contributed by atoms with Gasteiger partial charge in [-0.2, -0.15) is 0 Å². The Morgan fingerprint density at radius 2 is 1.43 bits per heavy atom. The Bertz CT molecular complexity index is 269. The van der Waals surface area contributed by atoms with E-state index < -0.39 is 5.97 Å². The van der Waals surface area contributed by atoms with E-state index in [9.17, 15) is 9.59 Å². The number of ether oxygens (including phenoxy) is 2. The maximum atomic E-state index is 10.2. The zero-order valence-corrected chi connectivity index (χ0v) is 16.3. The van der Waals surface area contributed by atoms with Gasteiger partial charge in [0.2, 0.25) is 0 Å². The molecule has 1 atom stereocenters. The summed E-state index contributed by atoms with van der Waals surface area (Å²) in [6.07, 6.45) is 4.99. The summed E-state index contributed by atoms with van der Waals surface area (Å²) < 4.78 is 10.0. The van der Waals surface area contributed by atoms with Gasteiger partial charge in [0.1, 0.15) is 0 Å². The van der Waals surface area contributed by atoms with Gasteiger partial charge >= 0.3 is 11.9 Å². The van der Waals surface area contributed by atoms with Gasteiger partial charge in [0, 0.05) is 13.3 Å². The molecule has 0 fully saturated rings. The molecule has 0 aromatic rings. The maximum absolute atomic E-state index is 10.2. The van der Waals surface area contributed by atoms with Crippen molar-refractivity contribution in [2.75, 3.05) is 0 Å². The highest BCUT2D eigenvalue weighted by molar-refractivity contribution is 5.66. The Labute approximate surface area is 142 Å². The third-order valence-corrected chi connectivity index (χ3v) is 2.48. The first kappa shape index (κ1) is 26.8. The largest absolute Gasteiger partial charge is 0.481 e. The van der Waals surface area contributed by atoms with Crippen molar-refractivity contribution in [2.45, 2.75) is 106 Å². The number of esters is 1. The van der Waals surface area contributed by atoms with E-state index in [1.54, 1.807) is 0 Å². The number of aliphatic carboxylic acids is 1. The highest BCUT2D eigenvalue weighted by atomic mass is 16.5. The fourth-order valence-electron chi connectivity index (χ4n) is 1.44. The van der Waals surface area contributed by atoms with E-state index in [4.69, 9.17) is 14.6 Å². The van der Waals surface area contributed by atoms with Gasteiger partial charge in [-0.15, -0.1) is 0 Å². The van der Waals surface area contributed by atoms with E-state index in [2.05, 4.69) is 6.92 Å².